The first kappa shape index (κ1) is 20.9. The highest BCUT2D eigenvalue weighted by Gasteiger charge is 2.38. The molecule has 2 aromatic carbocycles. The van der Waals surface area contributed by atoms with Gasteiger partial charge in [0.1, 0.15) is 11.3 Å². The van der Waals surface area contributed by atoms with Gasteiger partial charge in [-0.3, -0.25) is 14.5 Å². The molecule has 1 unspecified atom stereocenters. The van der Waals surface area contributed by atoms with Crippen LogP contribution in [0.1, 0.15) is 24.5 Å². The summed E-state index contributed by atoms with van der Waals surface area (Å²) in [6.07, 6.45) is -0.00664. The molecule has 2 amide bonds. The molecule has 1 N–H and O–H groups in total. The maximum absolute atomic E-state index is 12.8. The molecule has 6 nitrogen and oxygen atoms in total. The SMILES string of the molecule is CCN1C(=O)C(CC(=O)Nc2ccccc2C#N)SC1=Nc1cccc(Cl)c1C. The van der Waals surface area contributed by atoms with E-state index in [9.17, 15) is 9.59 Å². The monoisotopic (exact) mass is 426 g/mol. The Balaban J connectivity index is 1.77. The summed E-state index contributed by atoms with van der Waals surface area (Å²) in [6, 6.07) is 14.2. The van der Waals surface area contributed by atoms with Gasteiger partial charge in [-0.05, 0) is 43.7 Å². The zero-order chi connectivity index (χ0) is 21.0. The second kappa shape index (κ2) is 9.12. The van der Waals surface area contributed by atoms with Crippen LogP contribution in [-0.2, 0) is 9.59 Å². The molecular weight excluding hydrogens is 408 g/mol. The molecule has 29 heavy (non-hydrogen) atoms. The van der Waals surface area contributed by atoms with Gasteiger partial charge in [-0.1, -0.05) is 41.6 Å². The Hall–Kier alpha value is -2.82. The maximum Gasteiger partial charge on any atom is 0.242 e. The summed E-state index contributed by atoms with van der Waals surface area (Å²) in [4.78, 5) is 31.4. The van der Waals surface area contributed by atoms with Crippen molar-refractivity contribution < 1.29 is 9.59 Å². The van der Waals surface area contributed by atoms with Gasteiger partial charge in [0.05, 0.1) is 16.9 Å². The van der Waals surface area contributed by atoms with Crippen molar-refractivity contribution in [3.8, 4) is 6.07 Å². The molecule has 0 aliphatic carbocycles. The Morgan fingerprint density at radius 3 is 2.79 bits per heavy atom. The van der Waals surface area contributed by atoms with E-state index >= 15 is 0 Å². The van der Waals surface area contributed by atoms with Crippen LogP contribution in [0.4, 0.5) is 11.4 Å². The number of carbonyl (C=O) groups excluding carboxylic acids is 2. The minimum absolute atomic E-state index is 0.00664. The van der Waals surface area contributed by atoms with E-state index in [1.165, 1.54) is 11.8 Å². The van der Waals surface area contributed by atoms with E-state index in [2.05, 4.69) is 10.3 Å². The van der Waals surface area contributed by atoms with Gasteiger partial charge in [0.15, 0.2) is 5.17 Å². The first-order valence-electron chi connectivity index (χ1n) is 9.05. The number of carbonyl (C=O) groups is 2. The molecule has 1 heterocycles. The second-order valence-corrected chi connectivity index (χ2v) is 7.95. The highest BCUT2D eigenvalue weighted by atomic mass is 35.5. The van der Waals surface area contributed by atoms with Crippen molar-refractivity contribution in [3.63, 3.8) is 0 Å². The third-order valence-corrected chi connectivity index (χ3v) is 6.07. The summed E-state index contributed by atoms with van der Waals surface area (Å²) in [5, 5.41) is 12.5. The number of amidine groups is 1. The predicted octanol–water partition coefficient (Wildman–Crippen LogP) is 4.50. The van der Waals surface area contributed by atoms with E-state index in [-0.39, 0.29) is 18.2 Å². The zero-order valence-electron chi connectivity index (χ0n) is 16.0. The number of para-hydroxylation sites is 1. The fourth-order valence-electron chi connectivity index (χ4n) is 2.90. The lowest BCUT2D eigenvalue weighted by molar-refractivity contribution is -0.128. The van der Waals surface area contributed by atoms with Crippen molar-refractivity contribution in [2.24, 2.45) is 4.99 Å². The minimum atomic E-state index is -0.567. The predicted molar refractivity (Wildman–Crippen MR) is 116 cm³/mol. The number of amides is 2. The van der Waals surface area contributed by atoms with Gasteiger partial charge in [0, 0.05) is 18.0 Å². The number of benzene rings is 2. The first-order valence-corrected chi connectivity index (χ1v) is 10.3. The Morgan fingerprint density at radius 1 is 1.31 bits per heavy atom. The number of nitriles is 1. The molecule has 0 saturated carbocycles. The van der Waals surface area contributed by atoms with Gasteiger partial charge in [-0.15, -0.1) is 0 Å². The third-order valence-electron chi connectivity index (χ3n) is 4.48. The average Bonchev–Trinajstić information content (AvgIpc) is 3.00. The third kappa shape index (κ3) is 4.61. The van der Waals surface area contributed by atoms with Crippen LogP contribution >= 0.6 is 23.4 Å². The molecular formula is C21H19ClN4O2S. The van der Waals surface area contributed by atoms with Crippen molar-refractivity contribution >= 4 is 51.7 Å². The number of halogens is 1. The lowest BCUT2D eigenvalue weighted by atomic mass is 10.2. The molecule has 0 aromatic heterocycles. The Kier molecular flexibility index (Phi) is 6.57. The largest absolute Gasteiger partial charge is 0.325 e. The molecule has 3 rings (SSSR count). The summed E-state index contributed by atoms with van der Waals surface area (Å²) >= 11 is 7.43. The lowest BCUT2D eigenvalue weighted by Gasteiger charge is -2.14. The molecule has 0 bridgehead atoms. The number of rotatable bonds is 5. The minimum Gasteiger partial charge on any atom is -0.325 e. The molecule has 1 atom stereocenters. The highest BCUT2D eigenvalue weighted by molar-refractivity contribution is 8.15. The topological polar surface area (TPSA) is 85.6 Å². The van der Waals surface area contributed by atoms with Crippen LogP contribution in [0.2, 0.25) is 5.02 Å². The van der Waals surface area contributed by atoms with Crippen LogP contribution in [0.5, 0.6) is 0 Å². The summed E-state index contributed by atoms with van der Waals surface area (Å²) in [7, 11) is 0. The normalized spacial score (nSPS) is 17.4. The highest BCUT2D eigenvalue weighted by Crippen LogP contribution is 2.33. The van der Waals surface area contributed by atoms with Crippen LogP contribution in [0.15, 0.2) is 47.5 Å². The van der Waals surface area contributed by atoms with Gasteiger partial charge in [-0.25, -0.2) is 4.99 Å². The molecule has 1 saturated heterocycles. The van der Waals surface area contributed by atoms with E-state index in [0.717, 1.165) is 5.56 Å². The molecule has 0 radical (unpaired) electrons. The fourth-order valence-corrected chi connectivity index (χ4v) is 4.28. The number of anilines is 1. The Bertz CT molecular complexity index is 1030. The van der Waals surface area contributed by atoms with E-state index in [1.807, 2.05) is 32.0 Å². The molecule has 1 aliphatic rings. The van der Waals surface area contributed by atoms with Crippen LogP contribution in [0.25, 0.3) is 0 Å². The van der Waals surface area contributed by atoms with Gasteiger partial charge in [0.25, 0.3) is 0 Å². The Labute approximate surface area is 178 Å². The van der Waals surface area contributed by atoms with Crippen LogP contribution in [0, 0.1) is 18.3 Å². The molecule has 2 aromatic rings. The molecule has 8 heteroatoms. The molecule has 0 spiro atoms. The zero-order valence-corrected chi connectivity index (χ0v) is 17.5. The fraction of sp³-hybridized carbons (Fsp3) is 0.238. The molecule has 1 aliphatic heterocycles. The Morgan fingerprint density at radius 2 is 2.07 bits per heavy atom. The van der Waals surface area contributed by atoms with Gasteiger partial charge in [0.2, 0.25) is 11.8 Å². The van der Waals surface area contributed by atoms with Crippen LogP contribution in [0.3, 0.4) is 0 Å². The summed E-state index contributed by atoms with van der Waals surface area (Å²) in [6.45, 7) is 4.20. The number of nitrogens with zero attached hydrogens (tertiary/aromatic N) is 3. The number of hydrogen-bond acceptors (Lipinski definition) is 5. The second-order valence-electron chi connectivity index (χ2n) is 6.38. The van der Waals surface area contributed by atoms with Crippen molar-refractivity contribution in [3.05, 3.63) is 58.6 Å². The molecule has 148 valence electrons. The van der Waals surface area contributed by atoms with Gasteiger partial charge < -0.3 is 5.32 Å². The number of nitrogens with one attached hydrogen (secondary N) is 1. The first-order chi connectivity index (χ1) is 13.9. The van der Waals surface area contributed by atoms with Crippen LogP contribution in [-0.4, -0.2) is 33.7 Å². The quantitative estimate of drug-likeness (QED) is 0.762. The van der Waals surface area contributed by atoms with Gasteiger partial charge >= 0.3 is 0 Å². The van der Waals surface area contributed by atoms with Gasteiger partial charge in [-0.2, -0.15) is 5.26 Å². The number of thioether (sulfide) groups is 1. The van der Waals surface area contributed by atoms with E-state index < -0.39 is 5.25 Å². The van der Waals surface area contributed by atoms with Crippen molar-refractivity contribution in [1.29, 1.82) is 5.26 Å². The van der Waals surface area contributed by atoms with E-state index in [1.54, 1.807) is 35.2 Å². The van der Waals surface area contributed by atoms with Crippen molar-refractivity contribution in [1.82, 2.24) is 4.90 Å². The summed E-state index contributed by atoms with van der Waals surface area (Å²) < 4.78 is 0. The smallest absolute Gasteiger partial charge is 0.242 e. The summed E-state index contributed by atoms with van der Waals surface area (Å²) in [5.41, 5.74) is 2.34. The number of aliphatic imine (C=N–C) groups is 1. The van der Waals surface area contributed by atoms with Crippen molar-refractivity contribution in [2.75, 3.05) is 11.9 Å². The van der Waals surface area contributed by atoms with E-state index in [0.29, 0.717) is 33.7 Å². The molecule has 1 fully saturated rings. The summed E-state index contributed by atoms with van der Waals surface area (Å²) in [5.74, 6) is -0.477. The average molecular weight is 427 g/mol. The van der Waals surface area contributed by atoms with Crippen molar-refractivity contribution in [2.45, 2.75) is 25.5 Å². The standard InChI is InChI=1S/C21H19ClN4O2S/c1-3-26-20(28)18(11-19(27)24-17-9-5-4-7-14(17)12-23)29-21(26)25-16-10-6-8-15(22)13(16)2/h4-10,18H,3,11H2,1-2H3,(H,24,27). The number of hydrogen-bond donors (Lipinski definition) is 1. The maximum atomic E-state index is 12.8. The van der Waals surface area contributed by atoms with Crippen LogP contribution < -0.4 is 5.32 Å². The lowest BCUT2D eigenvalue weighted by Crippen LogP contribution is -2.33. The van der Waals surface area contributed by atoms with E-state index in [4.69, 9.17) is 16.9 Å².